The molecule has 14 heteroatoms. The van der Waals surface area contributed by atoms with E-state index in [1.165, 1.54) is 30.7 Å². The molecule has 0 saturated carbocycles. The molecule has 0 saturated heterocycles. The quantitative estimate of drug-likeness (QED) is 0.321. The van der Waals surface area contributed by atoms with E-state index in [9.17, 15) is 22.8 Å². The number of halogens is 4. The van der Waals surface area contributed by atoms with Gasteiger partial charge in [0.15, 0.2) is 0 Å². The molecule has 10 nitrogen and oxygen atoms in total. The summed E-state index contributed by atoms with van der Waals surface area (Å²) in [6.45, 7) is 5.11. The van der Waals surface area contributed by atoms with Gasteiger partial charge in [-0.2, -0.15) is 9.78 Å². The normalized spacial score (nSPS) is 12.2. The SMILES string of the molecule is CC(C)(C)OC(=O)n1cc(-c2cn(-c3ccc(OC(F)(F)F)cc3)c(=O)c(N)c2N=NI)cn1. The molecule has 180 valence electrons. The van der Waals surface area contributed by atoms with Crippen molar-refractivity contribution in [3.63, 3.8) is 0 Å². The minimum Gasteiger partial charge on any atom is -0.442 e. The van der Waals surface area contributed by atoms with Gasteiger partial charge in [-0.25, -0.2) is 4.79 Å². The number of aromatic nitrogens is 3. The van der Waals surface area contributed by atoms with Gasteiger partial charge < -0.3 is 15.2 Å². The second-order valence-corrected chi connectivity index (χ2v) is 8.28. The Morgan fingerprint density at radius 3 is 2.35 bits per heavy atom. The van der Waals surface area contributed by atoms with Crippen LogP contribution in [0.1, 0.15) is 20.8 Å². The molecule has 1 aromatic carbocycles. The highest BCUT2D eigenvalue weighted by molar-refractivity contribution is 14.1. The zero-order valence-electron chi connectivity index (χ0n) is 18.0. The fraction of sp³-hybridized carbons (Fsp3) is 0.250. The molecule has 0 aliphatic carbocycles. The molecule has 0 radical (unpaired) electrons. The van der Waals surface area contributed by atoms with Crippen LogP contribution in [0, 0.1) is 0 Å². The summed E-state index contributed by atoms with van der Waals surface area (Å²) in [5, 5.41) is 7.92. The first kappa shape index (κ1) is 25.2. The van der Waals surface area contributed by atoms with E-state index in [-0.39, 0.29) is 17.1 Å². The van der Waals surface area contributed by atoms with Crippen LogP contribution in [-0.2, 0) is 4.74 Å². The monoisotopic (exact) mass is 590 g/mol. The van der Waals surface area contributed by atoms with Gasteiger partial charge in [-0.1, -0.05) is 0 Å². The second kappa shape index (κ2) is 9.44. The topological polar surface area (TPSA) is 126 Å². The van der Waals surface area contributed by atoms with Crippen LogP contribution < -0.4 is 16.0 Å². The summed E-state index contributed by atoms with van der Waals surface area (Å²) in [7, 11) is 0. The molecular formula is C20H18F3IN6O4. The molecule has 2 N–H and O–H groups in total. The Morgan fingerprint density at radius 1 is 1.15 bits per heavy atom. The molecule has 3 aromatic rings. The highest BCUT2D eigenvalue weighted by Gasteiger charge is 2.31. The van der Waals surface area contributed by atoms with E-state index in [4.69, 9.17) is 10.5 Å². The first-order valence-electron chi connectivity index (χ1n) is 9.51. The number of ether oxygens (including phenoxy) is 2. The third kappa shape index (κ3) is 5.92. The summed E-state index contributed by atoms with van der Waals surface area (Å²) < 4.78 is 52.2. The van der Waals surface area contributed by atoms with Gasteiger partial charge in [0.1, 0.15) is 45.6 Å². The Kier molecular flexibility index (Phi) is 6.99. The standard InChI is InChI=1S/C20H18F3IN6O4/c1-19(2,3)34-18(32)30-9-11(8-26-30)14-10-29(17(31)15(25)16(14)27-28-24)12-4-6-13(7-5-12)33-20(21,22)23/h4-10H,25H2,1-3H3. The fourth-order valence-electron chi connectivity index (χ4n) is 2.85. The number of rotatable bonds is 4. The summed E-state index contributed by atoms with van der Waals surface area (Å²) in [6.07, 6.45) is -1.49. The smallest absolute Gasteiger partial charge is 0.442 e. The van der Waals surface area contributed by atoms with E-state index in [2.05, 4.69) is 18.3 Å². The van der Waals surface area contributed by atoms with Crippen molar-refractivity contribution < 1.29 is 27.4 Å². The van der Waals surface area contributed by atoms with Crippen molar-refractivity contribution in [1.29, 1.82) is 0 Å². The van der Waals surface area contributed by atoms with Gasteiger partial charge >= 0.3 is 12.5 Å². The van der Waals surface area contributed by atoms with E-state index in [0.717, 1.165) is 21.4 Å². The van der Waals surface area contributed by atoms with E-state index in [1.807, 2.05) is 0 Å². The van der Waals surface area contributed by atoms with E-state index < -0.39 is 29.4 Å². The van der Waals surface area contributed by atoms with Crippen molar-refractivity contribution in [2.24, 2.45) is 8.44 Å². The second-order valence-electron chi connectivity index (χ2n) is 7.85. The highest BCUT2D eigenvalue weighted by atomic mass is 127. The van der Waals surface area contributed by atoms with E-state index >= 15 is 0 Å². The van der Waals surface area contributed by atoms with Gasteiger partial charge in [-0.15, -0.1) is 21.6 Å². The number of carbonyl (C=O) groups is 1. The molecule has 34 heavy (non-hydrogen) atoms. The predicted molar refractivity (Wildman–Crippen MR) is 125 cm³/mol. The Labute approximate surface area is 204 Å². The number of nitrogens with two attached hydrogens (primary N) is 1. The molecule has 0 fully saturated rings. The fourth-order valence-corrected chi connectivity index (χ4v) is 3.07. The largest absolute Gasteiger partial charge is 0.573 e. The first-order chi connectivity index (χ1) is 15.8. The molecule has 3 rings (SSSR count). The van der Waals surface area contributed by atoms with E-state index in [0.29, 0.717) is 11.1 Å². The molecule has 0 bridgehead atoms. The van der Waals surface area contributed by atoms with Crippen molar-refractivity contribution in [2.75, 3.05) is 5.73 Å². The Hall–Kier alpha value is -3.43. The minimum atomic E-state index is -4.85. The van der Waals surface area contributed by atoms with Gasteiger partial charge in [0.25, 0.3) is 5.56 Å². The van der Waals surface area contributed by atoms with Gasteiger partial charge in [0, 0.05) is 29.2 Å². The van der Waals surface area contributed by atoms with Crippen molar-refractivity contribution in [1.82, 2.24) is 14.3 Å². The van der Waals surface area contributed by atoms with Gasteiger partial charge in [-0.05, 0) is 45.0 Å². The molecule has 2 aromatic heterocycles. The third-order valence-electron chi connectivity index (χ3n) is 4.18. The molecule has 0 amide bonds. The zero-order chi connectivity index (χ0) is 25.3. The lowest BCUT2D eigenvalue weighted by atomic mass is 10.1. The van der Waals surface area contributed by atoms with Crippen LogP contribution in [0.15, 0.2) is 56.1 Å². The molecule has 0 spiro atoms. The number of nitrogens with zero attached hydrogens (tertiary/aromatic N) is 5. The van der Waals surface area contributed by atoms with Crippen LogP contribution in [0.2, 0.25) is 0 Å². The van der Waals surface area contributed by atoms with Gasteiger partial charge in [-0.3, -0.25) is 9.36 Å². The van der Waals surface area contributed by atoms with Gasteiger partial charge in [0.2, 0.25) is 0 Å². The number of alkyl halides is 3. The summed E-state index contributed by atoms with van der Waals surface area (Å²) >= 11 is 1.61. The molecular weight excluding hydrogens is 572 g/mol. The van der Waals surface area contributed by atoms with Crippen molar-refractivity contribution in [3.8, 4) is 22.6 Å². The van der Waals surface area contributed by atoms with Crippen LogP contribution in [0.5, 0.6) is 5.75 Å². The Morgan fingerprint density at radius 2 is 1.79 bits per heavy atom. The summed E-state index contributed by atoms with van der Waals surface area (Å²) in [5.74, 6) is -0.452. The molecule has 0 aliphatic rings. The highest BCUT2D eigenvalue weighted by Crippen LogP contribution is 2.35. The summed E-state index contributed by atoms with van der Waals surface area (Å²) in [4.78, 5) is 25.2. The Bertz CT molecular complexity index is 1290. The van der Waals surface area contributed by atoms with Crippen LogP contribution in [0.4, 0.5) is 29.3 Å². The molecule has 0 aliphatic heterocycles. The number of hydrogen-bond acceptors (Lipinski definition) is 8. The average Bonchev–Trinajstić information content (AvgIpc) is 3.20. The van der Waals surface area contributed by atoms with Crippen LogP contribution in [0.3, 0.4) is 0 Å². The van der Waals surface area contributed by atoms with Crippen LogP contribution in [0.25, 0.3) is 16.8 Å². The zero-order valence-corrected chi connectivity index (χ0v) is 20.2. The van der Waals surface area contributed by atoms with E-state index in [1.54, 1.807) is 43.6 Å². The summed E-state index contributed by atoms with van der Waals surface area (Å²) in [6, 6.07) is 4.64. The number of hydrogen-bond donors (Lipinski definition) is 1. The lowest BCUT2D eigenvalue weighted by molar-refractivity contribution is -0.274. The minimum absolute atomic E-state index is 0.0383. The van der Waals surface area contributed by atoms with Crippen LogP contribution in [-0.4, -0.2) is 32.4 Å². The maximum atomic E-state index is 12.9. The maximum absolute atomic E-state index is 12.9. The van der Waals surface area contributed by atoms with Crippen molar-refractivity contribution >= 4 is 40.3 Å². The number of nitrogen functional groups attached to an aromatic ring is 1. The lowest BCUT2D eigenvalue weighted by Crippen LogP contribution is -2.27. The predicted octanol–water partition coefficient (Wildman–Crippen LogP) is 5.40. The number of benzene rings is 1. The Balaban J connectivity index is 2.09. The molecule has 2 heterocycles. The summed E-state index contributed by atoms with van der Waals surface area (Å²) in [5.41, 5.74) is 5.25. The van der Waals surface area contributed by atoms with Crippen molar-refractivity contribution in [2.45, 2.75) is 32.7 Å². The average molecular weight is 590 g/mol. The van der Waals surface area contributed by atoms with Crippen LogP contribution >= 0.6 is 22.9 Å². The number of pyridine rings is 1. The van der Waals surface area contributed by atoms with Crippen molar-refractivity contribution in [3.05, 3.63) is 53.2 Å². The lowest BCUT2D eigenvalue weighted by Gasteiger charge is -2.18. The third-order valence-corrected chi connectivity index (χ3v) is 4.39. The molecule has 0 atom stereocenters. The maximum Gasteiger partial charge on any atom is 0.573 e. The molecule has 0 unspecified atom stereocenters. The first-order valence-corrected chi connectivity index (χ1v) is 10.5. The van der Waals surface area contributed by atoms with Gasteiger partial charge in [0.05, 0.1) is 6.20 Å². The number of carbonyl (C=O) groups excluding carboxylic acids is 1. The number of anilines is 1.